The van der Waals surface area contributed by atoms with Crippen molar-refractivity contribution in [1.82, 2.24) is 10.2 Å². The molecule has 0 saturated heterocycles. The van der Waals surface area contributed by atoms with Crippen LogP contribution in [-0.4, -0.2) is 37.0 Å². The third-order valence-electron chi connectivity index (χ3n) is 2.34. The maximum absolute atomic E-state index is 11.5. The molecule has 15 heavy (non-hydrogen) atoms. The van der Waals surface area contributed by atoms with Crippen molar-refractivity contribution in [2.24, 2.45) is 5.92 Å². The lowest BCUT2D eigenvalue weighted by atomic mass is 10.2. The van der Waals surface area contributed by atoms with Gasteiger partial charge in [0.25, 0.3) is 0 Å². The summed E-state index contributed by atoms with van der Waals surface area (Å²) >= 11 is 0. The van der Waals surface area contributed by atoms with Crippen LogP contribution in [0.2, 0.25) is 0 Å². The third kappa shape index (κ3) is 7.37. The van der Waals surface area contributed by atoms with E-state index in [1.807, 2.05) is 25.8 Å². The maximum Gasteiger partial charge on any atom is 0.224 e. The van der Waals surface area contributed by atoms with E-state index in [4.69, 9.17) is 0 Å². The second kappa shape index (κ2) is 7.69. The molecular weight excluding hydrogens is 188 g/mol. The van der Waals surface area contributed by atoms with Crippen molar-refractivity contribution in [3.8, 4) is 0 Å². The van der Waals surface area contributed by atoms with Crippen molar-refractivity contribution >= 4 is 5.91 Å². The predicted molar refractivity (Wildman–Crippen MR) is 64.8 cm³/mol. The van der Waals surface area contributed by atoms with Crippen LogP contribution >= 0.6 is 0 Å². The molecule has 0 aliphatic heterocycles. The zero-order chi connectivity index (χ0) is 11.8. The highest BCUT2D eigenvalue weighted by atomic mass is 16.2. The number of carbonyl (C=O) groups is 1. The lowest BCUT2D eigenvalue weighted by molar-refractivity contribution is -0.133. The molecule has 0 atom stereocenters. The number of nitrogens with one attached hydrogen (secondary N) is 1. The fourth-order valence-corrected chi connectivity index (χ4v) is 1.42. The largest absolute Gasteiger partial charge is 0.346 e. The van der Waals surface area contributed by atoms with Crippen molar-refractivity contribution in [2.45, 2.75) is 46.6 Å². The van der Waals surface area contributed by atoms with Crippen molar-refractivity contribution in [2.75, 3.05) is 20.1 Å². The molecule has 0 bridgehead atoms. The molecule has 0 aliphatic rings. The normalized spacial score (nSPS) is 11.1. The maximum atomic E-state index is 11.5. The van der Waals surface area contributed by atoms with Crippen LogP contribution in [0.15, 0.2) is 0 Å². The molecule has 0 spiro atoms. The first-order valence-electron chi connectivity index (χ1n) is 5.93. The Labute approximate surface area is 94.2 Å². The smallest absolute Gasteiger partial charge is 0.224 e. The Hall–Kier alpha value is -0.570. The van der Waals surface area contributed by atoms with Crippen molar-refractivity contribution in [3.05, 3.63) is 0 Å². The minimum Gasteiger partial charge on any atom is -0.346 e. The lowest BCUT2D eigenvalue weighted by Crippen LogP contribution is -2.32. The molecule has 0 aromatic heterocycles. The zero-order valence-electron chi connectivity index (χ0n) is 10.8. The molecule has 1 amide bonds. The summed E-state index contributed by atoms with van der Waals surface area (Å²) in [6.07, 6.45) is 2.21. The lowest BCUT2D eigenvalue weighted by Gasteiger charge is -2.19. The molecule has 0 fully saturated rings. The Morgan fingerprint density at radius 2 is 1.80 bits per heavy atom. The molecule has 0 radical (unpaired) electrons. The molecule has 3 heteroatoms. The van der Waals surface area contributed by atoms with Gasteiger partial charge in [0, 0.05) is 25.6 Å². The highest BCUT2D eigenvalue weighted by Gasteiger charge is 2.11. The van der Waals surface area contributed by atoms with Gasteiger partial charge in [0.15, 0.2) is 0 Å². The summed E-state index contributed by atoms with van der Waals surface area (Å²) in [5.74, 6) is 0.357. The average molecular weight is 214 g/mol. The van der Waals surface area contributed by atoms with E-state index in [1.165, 1.54) is 0 Å². The standard InChI is InChI=1S/C12H26N2O/c1-10(2)12(15)14(5)9-7-6-8-13-11(3)4/h10-11,13H,6-9H2,1-5H3. The summed E-state index contributed by atoms with van der Waals surface area (Å²) in [6, 6.07) is 0.556. The minimum atomic E-state index is 0.115. The van der Waals surface area contributed by atoms with Crippen LogP contribution in [-0.2, 0) is 4.79 Å². The summed E-state index contributed by atoms with van der Waals surface area (Å²) in [4.78, 5) is 13.4. The molecular formula is C12H26N2O. The van der Waals surface area contributed by atoms with Gasteiger partial charge < -0.3 is 10.2 Å². The van der Waals surface area contributed by atoms with E-state index >= 15 is 0 Å². The molecule has 1 N–H and O–H groups in total. The van der Waals surface area contributed by atoms with Crippen molar-refractivity contribution in [1.29, 1.82) is 0 Å². The Balaban J connectivity index is 3.47. The molecule has 0 unspecified atom stereocenters. The van der Waals surface area contributed by atoms with Crippen molar-refractivity contribution < 1.29 is 4.79 Å². The number of hydrogen-bond donors (Lipinski definition) is 1. The van der Waals surface area contributed by atoms with E-state index in [-0.39, 0.29) is 11.8 Å². The molecule has 0 saturated carbocycles. The predicted octanol–water partition coefficient (Wildman–Crippen LogP) is 1.88. The van der Waals surface area contributed by atoms with Gasteiger partial charge in [0.1, 0.15) is 0 Å². The van der Waals surface area contributed by atoms with E-state index in [0.717, 1.165) is 25.9 Å². The Morgan fingerprint density at radius 3 is 2.27 bits per heavy atom. The monoisotopic (exact) mass is 214 g/mol. The molecule has 0 aromatic rings. The minimum absolute atomic E-state index is 0.115. The topological polar surface area (TPSA) is 32.3 Å². The number of nitrogens with zero attached hydrogens (tertiary/aromatic N) is 1. The molecule has 90 valence electrons. The van der Waals surface area contributed by atoms with Crippen LogP contribution in [0.5, 0.6) is 0 Å². The molecule has 0 rings (SSSR count). The summed E-state index contributed by atoms with van der Waals surface area (Å²) in [5, 5.41) is 3.37. The molecule has 0 aliphatic carbocycles. The molecule has 0 heterocycles. The summed E-state index contributed by atoms with van der Waals surface area (Å²) in [7, 11) is 1.89. The van der Waals surface area contributed by atoms with E-state index in [2.05, 4.69) is 19.2 Å². The third-order valence-corrected chi connectivity index (χ3v) is 2.34. The van der Waals surface area contributed by atoms with Crippen LogP contribution in [0.3, 0.4) is 0 Å². The highest BCUT2D eigenvalue weighted by molar-refractivity contribution is 5.77. The fraction of sp³-hybridized carbons (Fsp3) is 0.917. The first kappa shape index (κ1) is 14.4. The summed E-state index contributed by atoms with van der Waals surface area (Å²) in [6.45, 7) is 10.1. The Morgan fingerprint density at radius 1 is 1.20 bits per heavy atom. The highest BCUT2D eigenvalue weighted by Crippen LogP contribution is 2.00. The second-order valence-corrected chi connectivity index (χ2v) is 4.73. The van der Waals surface area contributed by atoms with Gasteiger partial charge in [-0.15, -0.1) is 0 Å². The van der Waals surface area contributed by atoms with E-state index in [0.29, 0.717) is 6.04 Å². The first-order chi connectivity index (χ1) is 6.95. The summed E-state index contributed by atoms with van der Waals surface area (Å²) < 4.78 is 0. The first-order valence-corrected chi connectivity index (χ1v) is 5.93. The zero-order valence-corrected chi connectivity index (χ0v) is 10.8. The number of rotatable bonds is 7. The number of carbonyl (C=O) groups excluding carboxylic acids is 1. The van der Waals surface area contributed by atoms with Gasteiger partial charge in [0.2, 0.25) is 5.91 Å². The van der Waals surface area contributed by atoms with Crippen LogP contribution < -0.4 is 5.32 Å². The number of unbranched alkanes of at least 4 members (excludes halogenated alkanes) is 1. The van der Waals surface area contributed by atoms with Gasteiger partial charge in [-0.1, -0.05) is 27.7 Å². The van der Waals surface area contributed by atoms with Crippen LogP contribution in [0.1, 0.15) is 40.5 Å². The van der Waals surface area contributed by atoms with Gasteiger partial charge in [-0.25, -0.2) is 0 Å². The van der Waals surface area contributed by atoms with Crippen LogP contribution in [0.25, 0.3) is 0 Å². The quantitative estimate of drug-likeness (QED) is 0.656. The van der Waals surface area contributed by atoms with Gasteiger partial charge in [0.05, 0.1) is 0 Å². The SMILES string of the molecule is CC(C)NCCCCN(C)C(=O)C(C)C. The van der Waals surface area contributed by atoms with E-state index in [1.54, 1.807) is 0 Å². The van der Waals surface area contributed by atoms with Gasteiger partial charge in [-0.3, -0.25) is 4.79 Å². The Bertz CT molecular complexity index is 178. The second-order valence-electron chi connectivity index (χ2n) is 4.73. The van der Waals surface area contributed by atoms with Crippen LogP contribution in [0.4, 0.5) is 0 Å². The Kier molecular flexibility index (Phi) is 7.39. The van der Waals surface area contributed by atoms with Crippen LogP contribution in [0, 0.1) is 5.92 Å². The number of hydrogen-bond acceptors (Lipinski definition) is 2. The average Bonchev–Trinajstić information content (AvgIpc) is 2.15. The molecule has 3 nitrogen and oxygen atoms in total. The van der Waals surface area contributed by atoms with Crippen molar-refractivity contribution in [3.63, 3.8) is 0 Å². The van der Waals surface area contributed by atoms with E-state index in [9.17, 15) is 4.79 Å². The van der Waals surface area contributed by atoms with Gasteiger partial charge in [-0.2, -0.15) is 0 Å². The fourth-order valence-electron chi connectivity index (χ4n) is 1.42. The summed E-state index contributed by atoms with van der Waals surface area (Å²) in [5.41, 5.74) is 0. The van der Waals surface area contributed by atoms with E-state index < -0.39 is 0 Å². The van der Waals surface area contributed by atoms with Gasteiger partial charge >= 0.3 is 0 Å². The number of amides is 1. The molecule has 0 aromatic carbocycles. The van der Waals surface area contributed by atoms with Gasteiger partial charge in [-0.05, 0) is 19.4 Å².